The number of benzene rings is 1. The maximum Gasteiger partial charge on any atom is 0.279 e. The minimum absolute atomic E-state index is 0.185. The van der Waals surface area contributed by atoms with E-state index in [0.29, 0.717) is 13.1 Å². The van der Waals surface area contributed by atoms with E-state index in [4.69, 9.17) is 11.6 Å². The van der Waals surface area contributed by atoms with Gasteiger partial charge < -0.3 is 0 Å². The Morgan fingerprint density at radius 2 is 1.78 bits per heavy atom. The highest BCUT2D eigenvalue weighted by atomic mass is 35.5. The molecule has 18 heavy (non-hydrogen) atoms. The first-order chi connectivity index (χ1) is 8.51. The lowest BCUT2D eigenvalue weighted by molar-refractivity contribution is 0.435. The van der Waals surface area contributed by atoms with Gasteiger partial charge in [0.1, 0.15) is 0 Å². The van der Waals surface area contributed by atoms with Crippen molar-refractivity contribution in [1.29, 1.82) is 0 Å². The van der Waals surface area contributed by atoms with Gasteiger partial charge in [-0.15, -0.1) is 11.6 Å². The summed E-state index contributed by atoms with van der Waals surface area (Å²) in [4.78, 5) is 0. The molecule has 6 heteroatoms. The molecule has 0 aliphatic rings. The third-order valence-corrected chi connectivity index (χ3v) is 4.79. The van der Waals surface area contributed by atoms with Crippen LogP contribution in [0.25, 0.3) is 0 Å². The van der Waals surface area contributed by atoms with Crippen molar-refractivity contribution in [3.63, 3.8) is 0 Å². The Kier molecular flexibility index (Phi) is 6.08. The van der Waals surface area contributed by atoms with Gasteiger partial charge in [-0.2, -0.15) is 12.7 Å². The molecule has 0 radical (unpaired) electrons. The Morgan fingerprint density at radius 1 is 1.22 bits per heavy atom. The monoisotopic (exact) mass is 290 g/mol. The summed E-state index contributed by atoms with van der Waals surface area (Å²) in [5, 5.41) is -0.364. The van der Waals surface area contributed by atoms with Crippen molar-refractivity contribution in [3.05, 3.63) is 35.9 Å². The number of alkyl halides is 1. The summed E-state index contributed by atoms with van der Waals surface area (Å²) in [6.07, 6.45) is 0. The Bertz CT molecular complexity index is 446. The van der Waals surface area contributed by atoms with Gasteiger partial charge in [0, 0.05) is 19.6 Å². The SMILES string of the molecule is CCN(CC)S(=O)(=O)NCC(Cl)c1ccccc1. The van der Waals surface area contributed by atoms with Crippen molar-refractivity contribution in [3.8, 4) is 0 Å². The Balaban J connectivity index is 2.60. The molecule has 1 N–H and O–H groups in total. The fourth-order valence-corrected chi connectivity index (χ4v) is 3.17. The molecule has 0 fully saturated rings. The molecule has 0 aromatic heterocycles. The summed E-state index contributed by atoms with van der Waals surface area (Å²) in [6.45, 7) is 4.69. The minimum atomic E-state index is -3.43. The van der Waals surface area contributed by atoms with E-state index in [0.717, 1.165) is 5.56 Å². The topological polar surface area (TPSA) is 49.4 Å². The molecule has 1 unspecified atom stereocenters. The lowest BCUT2D eigenvalue weighted by atomic mass is 10.1. The van der Waals surface area contributed by atoms with Gasteiger partial charge in [0.05, 0.1) is 5.38 Å². The minimum Gasteiger partial charge on any atom is -0.200 e. The molecule has 4 nitrogen and oxygen atoms in total. The van der Waals surface area contributed by atoms with Crippen LogP contribution < -0.4 is 4.72 Å². The van der Waals surface area contributed by atoms with E-state index in [1.807, 2.05) is 30.3 Å². The maximum absolute atomic E-state index is 11.9. The van der Waals surface area contributed by atoms with Gasteiger partial charge in [-0.3, -0.25) is 0 Å². The number of nitrogens with zero attached hydrogens (tertiary/aromatic N) is 1. The fourth-order valence-electron chi connectivity index (χ4n) is 1.61. The summed E-state index contributed by atoms with van der Waals surface area (Å²) < 4.78 is 27.7. The highest BCUT2D eigenvalue weighted by Crippen LogP contribution is 2.19. The second-order valence-electron chi connectivity index (χ2n) is 3.82. The Hall–Kier alpha value is -0.620. The summed E-state index contributed by atoms with van der Waals surface area (Å²) >= 11 is 6.16. The van der Waals surface area contributed by atoms with Gasteiger partial charge in [-0.25, -0.2) is 4.72 Å². The fraction of sp³-hybridized carbons (Fsp3) is 0.500. The van der Waals surface area contributed by atoms with Crippen molar-refractivity contribution in [2.75, 3.05) is 19.6 Å². The molecule has 0 amide bonds. The standard InChI is InChI=1S/C12H19ClN2O2S/c1-3-15(4-2)18(16,17)14-10-12(13)11-8-6-5-7-9-11/h5-9,12,14H,3-4,10H2,1-2H3. The Morgan fingerprint density at radius 3 is 2.28 bits per heavy atom. The number of halogens is 1. The zero-order valence-electron chi connectivity index (χ0n) is 10.6. The average Bonchev–Trinajstić information content (AvgIpc) is 2.38. The van der Waals surface area contributed by atoms with Crippen molar-refractivity contribution < 1.29 is 8.42 Å². The van der Waals surface area contributed by atoms with Crippen molar-refractivity contribution in [2.24, 2.45) is 0 Å². The van der Waals surface area contributed by atoms with Crippen LogP contribution in [0, 0.1) is 0 Å². The summed E-state index contributed by atoms with van der Waals surface area (Å²) in [5.74, 6) is 0. The van der Waals surface area contributed by atoms with Crippen LogP contribution in [0.3, 0.4) is 0 Å². The first-order valence-corrected chi connectivity index (χ1v) is 7.82. The van der Waals surface area contributed by atoms with Crippen LogP contribution in [-0.2, 0) is 10.2 Å². The van der Waals surface area contributed by atoms with E-state index >= 15 is 0 Å². The van der Waals surface area contributed by atoms with E-state index in [9.17, 15) is 8.42 Å². The summed E-state index contributed by atoms with van der Waals surface area (Å²) in [5.41, 5.74) is 0.904. The Labute approximate surface area is 114 Å². The van der Waals surface area contributed by atoms with Crippen LogP contribution >= 0.6 is 11.6 Å². The average molecular weight is 291 g/mol. The lowest BCUT2D eigenvalue weighted by Crippen LogP contribution is -2.41. The zero-order valence-corrected chi connectivity index (χ0v) is 12.2. The zero-order chi connectivity index (χ0) is 13.6. The van der Waals surface area contributed by atoms with Gasteiger partial charge in [0.15, 0.2) is 0 Å². The number of nitrogens with one attached hydrogen (secondary N) is 1. The quantitative estimate of drug-likeness (QED) is 0.782. The largest absolute Gasteiger partial charge is 0.279 e. The van der Waals surface area contributed by atoms with E-state index in [-0.39, 0.29) is 11.9 Å². The van der Waals surface area contributed by atoms with Crippen LogP contribution in [0.4, 0.5) is 0 Å². The predicted molar refractivity (Wildman–Crippen MR) is 74.9 cm³/mol. The second-order valence-corrected chi connectivity index (χ2v) is 6.10. The number of hydrogen-bond acceptors (Lipinski definition) is 2. The van der Waals surface area contributed by atoms with Crippen molar-refractivity contribution >= 4 is 21.8 Å². The normalized spacial score (nSPS) is 13.8. The smallest absolute Gasteiger partial charge is 0.200 e. The molecule has 102 valence electrons. The van der Waals surface area contributed by atoms with Crippen LogP contribution in [-0.4, -0.2) is 32.4 Å². The molecule has 1 rings (SSSR count). The van der Waals surface area contributed by atoms with E-state index < -0.39 is 10.2 Å². The van der Waals surface area contributed by atoms with Crippen LogP contribution in [0.15, 0.2) is 30.3 Å². The van der Waals surface area contributed by atoms with Crippen molar-refractivity contribution in [2.45, 2.75) is 19.2 Å². The lowest BCUT2D eigenvalue weighted by Gasteiger charge is -2.20. The maximum atomic E-state index is 11.9. The van der Waals surface area contributed by atoms with Crippen LogP contribution in [0.5, 0.6) is 0 Å². The van der Waals surface area contributed by atoms with E-state index in [1.165, 1.54) is 4.31 Å². The third-order valence-electron chi connectivity index (χ3n) is 2.65. The third kappa shape index (κ3) is 4.24. The molecule has 1 aromatic carbocycles. The van der Waals surface area contributed by atoms with Gasteiger partial charge in [-0.05, 0) is 5.56 Å². The second kappa shape index (κ2) is 7.09. The number of hydrogen-bond donors (Lipinski definition) is 1. The molecular formula is C12H19ClN2O2S. The van der Waals surface area contributed by atoms with Gasteiger partial charge in [-0.1, -0.05) is 44.2 Å². The number of rotatable bonds is 7. The predicted octanol–water partition coefficient (Wildman–Crippen LogP) is 2.14. The molecule has 0 bridgehead atoms. The van der Waals surface area contributed by atoms with Crippen LogP contribution in [0.1, 0.15) is 24.8 Å². The summed E-state index contributed by atoms with van der Waals surface area (Å²) in [6, 6.07) is 9.41. The molecule has 0 saturated carbocycles. The van der Waals surface area contributed by atoms with Crippen molar-refractivity contribution in [1.82, 2.24) is 9.03 Å². The molecule has 0 aliphatic heterocycles. The highest BCUT2D eigenvalue weighted by Gasteiger charge is 2.19. The first-order valence-electron chi connectivity index (χ1n) is 5.95. The molecule has 1 aromatic rings. The van der Waals surface area contributed by atoms with Gasteiger partial charge in [0.25, 0.3) is 10.2 Å². The molecular weight excluding hydrogens is 272 g/mol. The first kappa shape index (κ1) is 15.4. The van der Waals surface area contributed by atoms with E-state index in [2.05, 4.69) is 4.72 Å². The molecule has 0 heterocycles. The van der Waals surface area contributed by atoms with Gasteiger partial charge >= 0.3 is 0 Å². The highest BCUT2D eigenvalue weighted by molar-refractivity contribution is 7.87. The van der Waals surface area contributed by atoms with Crippen LogP contribution in [0.2, 0.25) is 0 Å². The summed E-state index contributed by atoms with van der Waals surface area (Å²) in [7, 11) is -3.43. The molecule has 0 aliphatic carbocycles. The molecule has 0 saturated heterocycles. The molecule has 0 spiro atoms. The molecule has 1 atom stereocenters. The van der Waals surface area contributed by atoms with Gasteiger partial charge in [0.2, 0.25) is 0 Å². The van der Waals surface area contributed by atoms with E-state index in [1.54, 1.807) is 13.8 Å².